The molecule has 2 aromatic heterocycles. The van der Waals surface area contributed by atoms with E-state index in [1.54, 1.807) is 18.4 Å². The van der Waals surface area contributed by atoms with Gasteiger partial charge in [-0.3, -0.25) is 4.79 Å². The molecule has 0 aromatic carbocycles. The van der Waals surface area contributed by atoms with Gasteiger partial charge in [-0.1, -0.05) is 30.3 Å². The van der Waals surface area contributed by atoms with E-state index in [0.717, 1.165) is 43.4 Å². The highest BCUT2D eigenvalue weighted by Crippen LogP contribution is 2.25. The lowest BCUT2D eigenvalue weighted by Gasteiger charge is -2.31. The lowest BCUT2D eigenvalue weighted by atomic mass is 9.99. The van der Waals surface area contributed by atoms with Crippen LogP contribution >= 0.6 is 23.4 Å². The van der Waals surface area contributed by atoms with Crippen molar-refractivity contribution in [3.63, 3.8) is 0 Å². The van der Waals surface area contributed by atoms with Gasteiger partial charge >= 0.3 is 0 Å². The normalized spacial score (nSPS) is 15.4. The molecule has 1 N–H and O–H groups in total. The smallest absolute Gasteiger partial charge is 0.230 e. The average molecular weight is 381 g/mol. The summed E-state index contributed by atoms with van der Waals surface area (Å²) in [6.07, 6.45) is 3.89. The number of hydrogen-bond donors (Lipinski definition) is 1. The zero-order chi connectivity index (χ0) is 17.6. The van der Waals surface area contributed by atoms with Crippen LogP contribution in [0, 0.1) is 5.92 Å². The molecule has 1 saturated heterocycles. The molecule has 1 amide bonds. The number of hydrogen-bond acceptors (Lipinski definition) is 6. The first-order valence-electron chi connectivity index (χ1n) is 8.31. The zero-order valence-electron chi connectivity index (χ0n) is 14.1. The van der Waals surface area contributed by atoms with E-state index in [0.29, 0.717) is 16.9 Å². The Morgan fingerprint density at radius 3 is 2.96 bits per heavy atom. The van der Waals surface area contributed by atoms with Gasteiger partial charge in [0.2, 0.25) is 5.91 Å². The van der Waals surface area contributed by atoms with Gasteiger partial charge in [0.25, 0.3) is 0 Å². The minimum atomic E-state index is -0.0988. The van der Waals surface area contributed by atoms with Gasteiger partial charge < -0.3 is 14.6 Å². The summed E-state index contributed by atoms with van der Waals surface area (Å²) in [5.41, 5.74) is 0. The molecule has 3 rings (SSSR count). The Hall–Kier alpha value is -1.73. The van der Waals surface area contributed by atoms with E-state index < -0.39 is 0 Å². The summed E-state index contributed by atoms with van der Waals surface area (Å²) >= 11 is 7.42. The van der Waals surface area contributed by atoms with E-state index in [9.17, 15) is 4.79 Å². The maximum Gasteiger partial charge on any atom is 0.230 e. The molecule has 0 saturated carbocycles. The molecule has 0 bridgehead atoms. The van der Waals surface area contributed by atoms with Crippen LogP contribution in [0.15, 0.2) is 34.0 Å². The lowest BCUT2D eigenvalue weighted by Crippen LogP contribution is -2.33. The third-order valence-electron chi connectivity index (χ3n) is 4.14. The van der Waals surface area contributed by atoms with Crippen LogP contribution in [-0.2, 0) is 11.3 Å². The first kappa shape index (κ1) is 18.1. The lowest BCUT2D eigenvalue weighted by molar-refractivity contribution is -0.118. The number of carbonyl (C=O) groups excluding carboxylic acids is 1. The maximum absolute atomic E-state index is 11.9. The Labute approximate surface area is 156 Å². The molecule has 25 heavy (non-hydrogen) atoms. The first-order valence-corrected chi connectivity index (χ1v) is 9.68. The van der Waals surface area contributed by atoms with Gasteiger partial charge in [-0.05, 0) is 30.9 Å². The zero-order valence-corrected chi connectivity index (χ0v) is 15.6. The minimum absolute atomic E-state index is 0.0988. The van der Waals surface area contributed by atoms with Crippen LogP contribution in [0.2, 0.25) is 5.15 Å². The SMILES string of the molecule is CC1CCN(c2cc(Cl)nc(SCC(=O)NCc3ccco3)n2)CC1. The van der Waals surface area contributed by atoms with Crippen molar-refractivity contribution in [2.45, 2.75) is 31.5 Å². The van der Waals surface area contributed by atoms with Crippen molar-refractivity contribution in [2.24, 2.45) is 5.92 Å². The topological polar surface area (TPSA) is 71.3 Å². The molecule has 6 nitrogen and oxygen atoms in total. The molecule has 0 unspecified atom stereocenters. The van der Waals surface area contributed by atoms with Crippen LogP contribution < -0.4 is 10.2 Å². The number of nitrogens with one attached hydrogen (secondary N) is 1. The number of piperidine rings is 1. The van der Waals surface area contributed by atoms with Crippen LogP contribution in [0.3, 0.4) is 0 Å². The van der Waals surface area contributed by atoms with Gasteiger partial charge in [-0.25, -0.2) is 9.97 Å². The monoisotopic (exact) mass is 380 g/mol. The summed E-state index contributed by atoms with van der Waals surface area (Å²) in [4.78, 5) is 23.0. The summed E-state index contributed by atoms with van der Waals surface area (Å²) in [7, 11) is 0. The predicted octanol–water partition coefficient (Wildman–Crippen LogP) is 3.37. The fourth-order valence-corrected chi connectivity index (χ4v) is 3.54. The number of carbonyl (C=O) groups is 1. The molecule has 0 atom stereocenters. The van der Waals surface area contributed by atoms with E-state index in [1.165, 1.54) is 11.8 Å². The van der Waals surface area contributed by atoms with Crippen molar-refractivity contribution in [3.8, 4) is 0 Å². The summed E-state index contributed by atoms with van der Waals surface area (Å²) in [6, 6.07) is 5.40. The highest BCUT2D eigenvalue weighted by atomic mass is 35.5. The largest absolute Gasteiger partial charge is 0.467 e. The van der Waals surface area contributed by atoms with Crippen LogP contribution in [0.1, 0.15) is 25.5 Å². The van der Waals surface area contributed by atoms with Gasteiger partial charge in [-0.15, -0.1) is 0 Å². The maximum atomic E-state index is 11.9. The van der Waals surface area contributed by atoms with E-state index in [2.05, 4.69) is 27.1 Å². The van der Waals surface area contributed by atoms with Gasteiger partial charge in [0, 0.05) is 19.2 Å². The molecule has 0 radical (unpaired) electrons. The number of nitrogens with zero attached hydrogens (tertiary/aromatic N) is 3. The third-order valence-corrected chi connectivity index (χ3v) is 5.18. The number of anilines is 1. The Morgan fingerprint density at radius 1 is 1.44 bits per heavy atom. The van der Waals surface area contributed by atoms with E-state index in [4.69, 9.17) is 16.0 Å². The van der Waals surface area contributed by atoms with Crippen molar-refractivity contribution in [3.05, 3.63) is 35.4 Å². The fourth-order valence-electron chi connectivity index (χ4n) is 2.63. The number of aromatic nitrogens is 2. The Morgan fingerprint density at radius 2 is 2.24 bits per heavy atom. The predicted molar refractivity (Wildman–Crippen MR) is 98.9 cm³/mol. The molecule has 134 valence electrons. The van der Waals surface area contributed by atoms with Gasteiger partial charge in [0.15, 0.2) is 5.16 Å². The highest BCUT2D eigenvalue weighted by molar-refractivity contribution is 7.99. The fraction of sp³-hybridized carbons (Fsp3) is 0.471. The van der Waals surface area contributed by atoms with Crippen molar-refractivity contribution in [2.75, 3.05) is 23.7 Å². The number of rotatable bonds is 6. The van der Waals surface area contributed by atoms with Crippen molar-refractivity contribution >= 4 is 35.1 Å². The summed E-state index contributed by atoms with van der Waals surface area (Å²) < 4.78 is 5.18. The van der Waals surface area contributed by atoms with Crippen LogP contribution in [0.5, 0.6) is 0 Å². The van der Waals surface area contributed by atoms with E-state index in [1.807, 2.05) is 6.07 Å². The average Bonchev–Trinajstić information content (AvgIpc) is 3.12. The number of halogens is 1. The third kappa shape index (κ3) is 5.37. The molecule has 1 aliphatic rings. The second-order valence-corrected chi connectivity index (χ2v) is 7.48. The van der Waals surface area contributed by atoms with Gasteiger partial charge in [0.05, 0.1) is 18.6 Å². The molecular weight excluding hydrogens is 360 g/mol. The standard InChI is InChI=1S/C17H21ClN4O2S/c1-12-4-6-22(7-5-12)15-9-14(18)20-17(21-15)25-11-16(23)19-10-13-3-2-8-24-13/h2-3,8-9,12H,4-7,10-11H2,1H3,(H,19,23). The first-order chi connectivity index (χ1) is 12.1. The molecule has 1 aliphatic heterocycles. The van der Waals surface area contributed by atoms with Crippen LogP contribution in [-0.4, -0.2) is 34.7 Å². The minimum Gasteiger partial charge on any atom is -0.467 e. The molecule has 8 heteroatoms. The molecule has 0 spiro atoms. The van der Waals surface area contributed by atoms with Gasteiger partial charge in [0.1, 0.15) is 16.7 Å². The van der Waals surface area contributed by atoms with E-state index >= 15 is 0 Å². The molecule has 1 fully saturated rings. The highest BCUT2D eigenvalue weighted by Gasteiger charge is 2.18. The molecule has 0 aliphatic carbocycles. The summed E-state index contributed by atoms with van der Waals surface area (Å²) in [6.45, 7) is 4.59. The molecule has 3 heterocycles. The van der Waals surface area contributed by atoms with Crippen molar-refractivity contribution in [1.82, 2.24) is 15.3 Å². The summed E-state index contributed by atoms with van der Waals surface area (Å²) in [5.74, 6) is 2.44. The second-order valence-electron chi connectivity index (χ2n) is 6.15. The van der Waals surface area contributed by atoms with Crippen LogP contribution in [0.4, 0.5) is 5.82 Å². The Bertz CT molecular complexity index is 703. The van der Waals surface area contributed by atoms with Crippen LogP contribution in [0.25, 0.3) is 0 Å². The molecule has 2 aromatic rings. The number of amides is 1. The van der Waals surface area contributed by atoms with E-state index in [-0.39, 0.29) is 11.7 Å². The molecular formula is C17H21ClN4O2S. The second kappa shape index (κ2) is 8.58. The Kier molecular flexibility index (Phi) is 6.20. The Balaban J connectivity index is 1.54. The quantitative estimate of drug-likeness (QED) is 0.470. The van der Waals surface area contributed by atoms with Gasteiger partial charge in [-0.2, -0.15) is 0 Å². The summed E-state index contributed by atoms with van der Waals surface area (Å²) in [5, 5.41) is 3.73. The van der Waals surface area contributed by atoms with Crippen molar-refractivity contribution < 1.29 is 9.21 Å². The number of furan rings is 1. The van der Waals surface area contributed by atoms with Crippen molar-refractivity contribution in [1.29, 1.82) is 0 Å². The number of thioether (sulfide) groups is 1.